The Morgan fingerprint density at radius 1 is 1.03 bits per heavy atom. The Kier molecular flexibility index (Phi) is 9.59. The highest BCUT2D eigenvalue weighted by Gasteiger charge is 2.30. The summed E-state index contributed by atoms with van der Waals surface area (Å²) in [5.74, 6) is 9.18. The summed E-state index contributed by atoms with van der Waals surface area (Å²) in [4.78, 5) is 36.7. The van der Waals surface area contributed by atoms with Gasteiger partial charge in [0.05, 0.1) is 13.2 Å². The topological polar surface area (TPSA) is 114 Å². The lowest BCUT2D eigenvalue weighted by molar-refractivity contribution is -0.143. The van der Waals surface area contributed by atoms with Gasteiger partial charge in [-0.05, 0) is 70.7 Å². The molecular formula is C23H28N2O6. The number of hydrogen-bond donors (Lipinski definition) is 3. The molecule has 1 aromatic rings. The molecule has 3 atom stereocenters. The van der Waals surface area contributed by atoms with Crippen LogP contribution in [0.25, 0.3) is 0 Å². The Morgan fingerprint density at radius 2 is 1.65 bits per heavy atom. The summed E-state index contributed by atoms with van der Waals surface area (Å²) >= 11 is 0. The highest BCUT2D eigenvalue weighted by Crippen LogP contribution is 2.09. The van der Waals surface area contributed by atoms with Gasteiger partial charge in [-0.1, -0.05) is 11.8 Å². The number of rotatable bonds is 5. The third-order valence-corrected chi connectivity index (χ3v) is 3.68. The second-order valence-electron chi connectivity index (χ2n) is 7.68. The molecule has 0 aromatic heterocycles. The minimum absolute atomic E-state index is 0.291. The molecule has 0 aliphatic carbocycles. The van der Waals surface area contributed by atoms with Crippen LogP contribution in [-0.4, -0.2) is 54.0 Å². The van der Waals surface area contributed by atoms with Crippen molar-refractivity contribution in [2.45, 2.75) is 58.4 Å². The highest BCUT2D eigenvalue weighted by atomic mass is 16.6. The van der Waals surface area contributed by atoms with Crippen LogP contribution in [0.3, 0.4) is 0 Å². The quantitative estimate of drug-likeness (QED) is 0.485. The zero-order valence-corrected chi connectivity index (χ0v) is 18.5. The molecular weight excluding hydrogens is 400 g/mol. The standard InChI is InChI=1S/C23H28N2O6/c1-15(26)9-7-8-10-17-11-13-18(14-12-17)20(27)25-19(21(28)30-6)16(2)24-22(29)31-23(3,4)5/h11-16,19,26H,1-6H3,(H,24,29)(H,25,27)/t15?,16-,19+/m1/s1. The molecule has 0 bridgehead atoms. The van der Waals surface area contributed by atoms with E-state index >= 15 is 0 Å². The van der Waals surface area contributed by atoms with Crippen molar-refractivity contribution in [3.8, 4) is 23.7 Å². The van der Waals surface area contributed by atoms with Gasteiger partial charge in [0.1, 0.15) is 17.7 Å². The van der Waals surface area contributed by atoms with Crippen molar-refractivity contribution < 1.29 is 29.0 Å². The lowest BCUT2D eigenvalue weighted by atomic mass is 10.1. The molecule has 166 valence electrons. The van der Waals surface area contributed by atoms with Crippen LogP contribution in [0, 0.1) is 23.7 Å². The van der Waals surface area contributed by atoms with E-state index in [0.717, 1.165) is 0 Å². The highest BCUT2D eigenvalue weighted by molar-refractivity contribution is 5.97. The normalized spacial score (nSPS) is 13.1. The molecule has 1 rings (SSSR count). The van der Waals surface area contributed by atoms with E-state index in [2.05, 4.69) is 34.3 Å². The Labute approximate surface area is 182 Å². The van der Waals surface area contributed by atoms with Crippen LogP contribution in [0.1, 0.15) is 50.5 Å². The van der Waals surface area contributed by atoms with Crippen LogP contribution in [0.5, 0.6) is 0 Å². The molecule has 0 saturated carbocycles. The van der Waals surface area contributed by atoms with Gasteiger partial charge in [-0.25, -0.2) is 9.59 Å². The van der Waals surface area contributed by atoms with Crippen molar-refractivity contribution in [1.29, 1.82) is 0 Å². The van der Waals surface area contributed by atoms with E-state index in [4.69, 9.17) is 14.6 Å². The van der Waals surface area contributed by atoms with Gasteiger partial charge in [-0.15, -0.1) is 0 Å². The number of aliphatic hydroxyl groups is 1. The SMILES string of the molecule is COC(=O)[C@@H](NC(=O)c1ccc(C#CC#CC(C)O)cc1)[C@@H](C)NC(=O)OC(C)(C)C. The first-order valence-corrected chi connectivity index (χ1v) is 9.61. The third-order valence-electron chi connectivity index (χ3n) is 3.68. The minimum Gasteiger partial charge on any atom is -0.467 e. The van der Waals surface area contributed by atoms with Gasteiger partial charge < -0.3 is 25.2 Å². The Hall–Kier alpha value is -3.49. The maximum atomic E-state index is 12.6. The van der Waals surface area contributed by atoms with Crippen LogP contribution >= 0.6 is 0 Å². The predicted molar refractivity (Wildman–Crippen MR) is 115 cm³/mol. The number of amides is 2. The molecule has 0 aliphatic heterocycles. The average molecular weight is 428 g/mol. The summed E-state index contributed by atoms with van der Waals surface area (Å²) in [6.45, 7) is 8.23. The van der Waals surface area contributed by atoms with Crippen LogP contribution in [0.2, 0.25) is 0 Å². The number of carbonyl (C=O) groups is 3. The predicted octanol–water partition coefficient (Wildman–Crippen LogP) is 1.61. The number of aliphatic hydroxyl groups excluding tert-OH is 1. The molecule has 0 spiro atoms. The van der Waals surface area contributed by atoms with Crippen molar-refractivity contribution in [3.63, 3.8) is 0 Å². The van der Waals surface area contributed by atoms with E-state index in [1.807, 2.05) is 0 Å². The van der Waals surface area contributed by atoms with Crippen molar-refractivity contribution in [2.24, 2.45) is 0 Å². The molecule has 0 radical (unpaired) electrons. The fourth-order valence-electron chi connectivity index (χ4n) is 2.27. The van der Waals surface area contributed by atoms with E-state index in [-0.39, 0.29) is 0 Å². The molecule has 0 fully saturated rings. The fraction of sp³-hybridized carbons (Fsp3) is 0.435. The van der Waals surface area contributed by atoms with Gasteiger partial charge in [-0.2, -0.15) is 0 Å². The van der Waals surface area contributed by atoms with Crippen molar-refractivity contribution in [2.75, 3.05) is 7.11 Å². The molecule has 31 heavy (non-hydrogen) atoms. The molecule has 8 heteroatoms. The van der Waals surface area contributed by atoms with Crippen LogP contribution in [0.15, 0.2) is 24.3 Å². The number of alkyl carbamates (subject to hydrolysis) is 1. The van der Waals surface area contributed by atoms with Crippen LogP contribution in [-0.2, 0) is 14.3 Å². The number of carbonyl (C=O) groups excluding carboxylic acids is 3. The lowest BCUT2D eigenvalue weighted by Gasteiger charge is -2.26. The van der Waals surface area contributed by atoms with Gasteiger partial charge in [0, 0.05) is 11.1 Å². The summed E-state index contributed by atoms with van der Waals surface area (Å²) in [6, 6.07) is 4.43. The van der Waals surface area contributed by atoms with E-state index in [1.165, 1.54) is 14.0 Å². The van der Waals surface area contributed by atoms with E-state index < -0.39 is 41.8 Å². The molecule has 8 nitrogen and oxygen atoms in total. The third kappa shape index (κ3) is 9.70. The van der Waals surface area contributed by atoms with Crippen LogP contribution in [0.4, 0.5) is 4.79 Å². The summed E-state index contributed by atoms with van der Waals surface area (Å²) < 4.78 is 9.93. The number of hydrogen-bond acceptors (Lipinski definition) is 6. The molecule has 0 aliphatic rings. The summed E-state index contributed by atoms with van der Waals surface area (Å²) in [7, 11) is 1.19. The second-order valence-corrected chi connectivity index (χ2v) is 7.68. The van der Waals surface area contributed by atoms with Gasteiger partial charge >= 0.3 is 12.1 Å². The number of ether oxygens (including phenoxy) is 2. The van der Waals surface area contributed by atoms with Crippen molar-refractivity contribution >= 4 is 18.0 Å². The van der Waals surface area contributed by atoms with E-state index in [1.54, 1.807) is 52.0 Å². The molecule has 2 amide bonds. The van der Waals surface area contributed by atoms with Gasteiger partial charge in [0.25, 0.3) is 5.91 Å². The first kappa shape index (κ1) is 25.5. The monoisotopic (exact) mass is 428 g/mol. The Balaban J connectivity index is 2.87. The molecule has 1 unspecified atom stereocenters. The van der Waals surface area contributed by atoms with Gasteiger partial charge in [0.15, 0.2) is 0 Å². The van der Waals surface area contributed by atoms with E-state index in [0.29, 0.717) is 11.1 Å². The molecule has 0 saturated heterocycles. The molecule has 1 aromatic carbocycles. The first-order valence-electron chi connectivity index (χ1n) is 9.61. The second kappa shape index (κ2) is 11.6. The fourth-order valence-corrected chi connectivity index (χ4v) is 2.27. The molecule has 0 heterocycles. The summed E-state index contributed by atoms with van der Waals surface area (Å²) in [6.07, 6.45) is -1.47. The smallest absolute Gasteiger partial charge is 0.407 e. The zero-order chi connectivity index (χ0) is 23.6. The zero-order valence-electron chi connectivity index (χ0n) is 18.5. The van der Waals surface area contributed by atoms with Gasteiger partial charge in [-0.3, -0.25) is 4.79 Å². The number of nitrogens with one attached hydrogen (secondary N) is 2. The molecule has 3 N–H and O–H groups in total. The first-order chi connectivity index (χ1) is 14.4. The summed E-state index contributed by atoms with van der Waals surface area (Å²) in [5, 5.41) is 14.2. The lowest BCUT2D eigenvalue weighted by Crippen LogP contribution is -2.55. The maximum Gasteiger partial charge on any atom is 0.407 e. The van der Waals surface area contributed by atoms with E-state index in [9.17, 15) is 14.4 Å². The number of benzene rings is 1. The summed E-state index contributed by atoms with van der Waals surface area (Å²) in [5.41, 5.74) is 0.209. The van der Waals surface area contributed by atoms with Gasteiger partial charge in [0.2, 0.25) is 0 Å². The maximum absolute atomic E-state index is 12.6. The van der Waals surface area contributed by atoms with Crippen molar-refractivity contribution in [3.05, 3.63) is 35.4 Å². The Bertz CT molecular complexity index is 908. The minimum atomic E-state index is -1.12. The van der Waals surface area contributed by atoms with Crippen molar-refractivity contribution in [1.82, 2.24) is 10.6 Å². The number of esters is 1. The average Bonchev–Trinajstić information content (AvgIpc) is 2.67. The largest absolute Gasteiger partial charge is 0.467 e. The number of methoxy groups -OCH3 is 1. The Morgan fingerprint density at radius 3 is 2.16 bits per heavy atom. The van der Waals surface area contributed by atoms with Crippen LogP contribution < -0.4 is 10.6 Å².